The van der Waals surface area contributed by atoms with Gasteiger partial charge in [-0.25, -0.2) is 4.98 Å². The minimum atomic E-state index is 0.962. The molecule has 0 aliphatic carbocycles. The zero-order valence-corrected chi connectivity index (χ0v) is 37.8. The van der Waals surface area contributed by atoms with E-state index in [1.165, 1.54) is 98.0 Å². The van der Waals surface area contributed by atoms with Crippen LogP contribution >= 0.6 is 0 Å². The average Bonchev–Trinajstić information content (AvgIpc) is 3.81. The highest BCUT2D eigenvalue weighted by atomic mass is 15.1. The fraction of sp³-hybridized carbons (Fsp3) is 0. The first-order valence-electron chi connectivity index (χ1n) is 23.7. The van der Waals surface area contributed by atoms with Gasteiger partial charge in [-0.2, -0.15) is 0 Å². The summed E-state index contributed by atoms with van der Waals surface area (Å²) in [5, 5.41) is 15.1. The Balaban J connectivity index is 0.000000136. The van der Waals surface area contributed by atoms with Crippen LogP contribution in [0, 0.1) is 0 Å². The van der Waals surface area contributed by atoms with Crippen molar-refractivity contribution in [2.75, 3.05) is 0 Å². The Morgan fingerprint density at radius 2 is 0.594 bits per heavy atom. The summed E-state index contributed by atoms with van der Waals surface area (Å²) < 4.78 is 2.30. The van der Waals surface area contributed by atoms with E-state index in [0.29, 0.717) is 0 Å². The minimum Gasteiger partial charge on any atom is -0.292 e. The molecule has 0 bridgehead atoms. The summed E-state index contributed by atoms with van der Waals surface area (Å²) in [6.45, 7) is 0. The Morgan fingerprint density at radius 1 is 0.246 bits per heavy atom. The van der Waals surface area contributed by atoms with E-state index < -0.39 is 0 Å². The van der Waals surface area contributed by atoms with E-state index in [1.54, 1.807) is 0 Å². The van der Waals surface area contributed by atoms with Gasteiger partial charge in [0.2, 0.25) is 0 Å². The largest absolute Gasteiger partial charge is 0.292 e. The highest BCUT2D eigenvalue weighted by Gasteiger charge is 2.22. The number of imidazole rings is 1. The molecule has 0 aliphatic heterocycles. The van der Waals surface area contributed by atoms with Crippen molar-refractivity contribution in [3.8, 4) is 50.5 Å². The van der Waals surface area contributed by atoms with Crippen molar-refractivity contribution in [1.82, 2.24) is 9.55 Å². The lowest BCUT2D eigenvalue weighted by atomic mass is 9.85. The molecule has 0 radical (unpaired) electrons. The number of benzene rings is 13. The van der Waals surface area contributed by atoms with Crippen molar-refractivity contribution in [3.63, 3.8) is 0 Å². The van der Waals surface area contributed by atoms with Gasteiger partial charge in [-0.1, -0.05) is 231 Å². The summed E-state index contributed by atoms with van der Waals surface area (Å²) in [6.07, 6.45) is 0. The topological polar surface area (TPSA) is 17.8 Å². The van der Waals surface area contributed by atoms with Crippen LogP contribution in [-0.2, 0) is 0 Å². The zero-order valence-electron chi connectivity index (χ0n) is 37.8. The third kappa shape index (κ3) is 6.93. The zero-order chi connectivity index (χ0) is 45.7. The van der Waals surface area contributed by atoms with Crippen LogP contribution in [0.15, 0.2) is 267 Å². The molecule has 1 aromatic heterocycles. The number of fused-ring (bicyclic) bond motifs is 7. The second-order valence-electron chi connectivity index (χ2n) is 17.8. The van der Waals surface area contributed by atoms with Crippen LogP contribution in [0.4, 0.5) is 0 Å². The van der Waals surface area contributed by atoms with Crippen LogP contribution in [-0.4, -0.2) is 9.55 Å². The second-order valence-corrected chi connectivity index (χ2v) is 17.8. The standard InChI is InChI=1S/C34H22.C33H22N2/c1-3-11-25-21-27(19-17-23(25)9-1)33-29-13-5-7-15-31(29)34(32-16-8-6-14-30(32)33)28-20-18-24-10-2-4-12-26(24)22-28;1-3-13-23(14-4-1)31-25-17-7-9-19-27(25)32(28-20-10-8-18-26(28)31)33-34-29-21-11-12-22-30(29)35(33)24-15-5-2-6-16-24/h1-22H;1-22H. The molecule has 0 aliphatic rings. The molecule has 0 saturated heterocycles. The summed E-state index contributed by atoms with van der Waals surface area (Å²) in [4.78, 5) is 5.22. The van der Waals surface area contributed by atoms with Crippen LogP contribution in [0.2, 0.25) is 0 Å². The van der Waals surface area contributed by atoms with Gasteiger partial charge in [0.15, 0.2) is 0 Å². The first-order valence-corrected chi connectivity index (χ1v) is 23.7. The van der Waals surface area contributed by atoms with E-state index in [4.69, 9.17) is 4.98 Å². The first kappa shape index (κ1) is 40.2. The van der Waals surface area contributed by atoms with Gasteiger partial charge in [-0.15, -0.1) is 0 Å². The fourth-order valence-corrected chi connectivity index (χ4v) is 10.8. The van der Waals surface area contributed by atoms with E-state index in [9.17, 15) is 0 Å². The quantitative estimate of drug-likeness (QED) is 0.158. The Morgan fingerprint density at radius 3 is 1.06 bits per heavy atom. The van der Waals surface area contributed by atoms with E-state index in [1.807, 2.05) is 0 Å². The van der Waals surface area contributed by atoms with Gasteiger partial charge < -0.3 is 0 Å². The molecule has 2 heteroatoms. The molecule has 322 valence electrons. The highest BCUT2D eigenvalue weighted by molar-refractivity contribution is 6.23. The summed E-state index contributed by atoms with van der Waals surface area (Å²) in [5.74, 6) is 0.962. The maximum absolute atomic E-state index is 5.22. The van der Waals surface area contributed by atoms with Gasteiger partial charge in [0.25, 0.3) is 0 Å². The van der Waals surface area contributed by atoms with E-state index in [2.05, 4.69) is 271 Å². The van der Waals surface area contributed by atoms with E-state index >= 15 is 0 Å². The third-order valence-electron chi connectivity index (χ3n) is 13.8. The SMILES string of the molecule is c1ccc(-c2c3ccccc3c(-c3nc4ccccc4n3-c3ccccc3)c3ccccc23)cc1.c1ccc2cc(-c3c4ccccc4c(-c4ccc5ccccc5c4)c4ccccc34)ccc2c1. The van der Waals surface area contributed by atoms with E-state index in [0.717, 1.165) is 28.1 Å². The normalized spacial score (nSPS) is 11.5. The second kappa shape index (κ2) is 17.0. The smallest absolute Gasteiger partial charge is 0.146 e. The van der Waals surface area contributed by atoms with Gasteiger partial charge in [0.05, 0.1) is 11.0 Å². The lowest BCUT2D eigenvalue weighted by Gasteiger charge is -2.18. The van der Waals surface area contributed by atoms with Crippen LogP contribution in [0.25, 0.3) is 126 Å². The number of aromatic nitrogens is 2. The van der Waals surface area contributed by atoms with Crippen LogP contribution in [0.5, 0.6) is 0 Å². The highest BCUT2D eigenvalue weighted by Crippen LogP contribution is 2.46. The van der Waals surface area contributed by atoms with Crippen molar-refractivity contribution in [1.29, 1.82) is 0 Å². The molecule has 69 heavy (non-hydrogen) atoms. The molecule has 0 amide bonds. The van der Waals surface area contributed by atoms with Crippen LogP contribution in [0.3, 0.4) is 0 Å². The van der Waals surface area contributed by atoms with Crippen LogP contribution < -0.4 is 0 Å². The fourth-order valence-electron chi connectivity index (χ4n) is 10.8. The lowest BCUT2D eigenvalue weighted by Crippen LogP contribution is -1.99. The summed E-state index contributed by atoms with van der Waals surface area (Å²) >= 11 is 0. The molecule has 0 spiro atoms. The predicted molar refractivity (Wildman–Crippen MR) is 294 cm³/mol. The molecule has 0 fully saturated rings. The first-order chi connectivity index (χ1) is 34.3. The molecule has 0 atom stereocenters. The minimum absolute atomic E-state index is 0.962. The molecular weight excluding hydrogens is 833 g/mol. The van der Waals surface area contributed by atoms with E-state index in [-0.39, 0.29) is 0 Å². The molecule has 2 nitrogen and oxygen atoms in total. The van der Waals surface area contributed by atoms with Crippen molar-refractivity contribution in [2.45, 2.75) is 0 Å². The Labute approximate surface area is 400 Å². The molecule has 0 N–H and O–H groups in total. The average molecular weight is 877 g/mol. The van der Waals surface area contributed by atoms with Gasteiger partial charge >= 0.3 is 0 Å². The molecule has 0 unspecified atom stereocenters. The number of nitrogens with zero attached hydrogens (tertiary/aromatic N) is 2. The van der Waals surface area contributed by atoms with Crippen molar-refractivity contribution in [3.05, 3.63) is 267 Å². The molecule has 14 aromatic rings. The van der Waals surface area contributed by atoms with Gasteiger partial charge in [0.1, 0.15) is 5.82 Å². The number of para-hydroxylation sites is 3. The predicted octanol–water partition coefficient (Wildman–Crippen LogP) is 18.3. The lowest BCUT2D eigenvalue weighted by molar-refractivity contribution is 1.11. The van der Waals surface area contributed by atoms with Gasteiger partial charge in [0, 0.05) is 11.3 Å². The number of rotatable bonds is 5. The monoisotopic (exact) mass is 876 g/mol. The molecule has 0 saturated carbocycles. The maximum Gasteiger partial charge on any atom is 0.146 e. The molecule has 14 rings (SSSR count). The third-order valence-corrected chi connectivity index (χ3v) is 13.8. The van der Waals surface area contributed by atoms with Crippen LogP contribution in [0.1, 0.15) is 0 Å². The molecule has 13 aromatic carbocycles. The number of hydrogen-bond acceptors (Lipinski definition) is 1. The Bertz CT molecular complexity index is 3990. The van der Waals surface area contributed by atoms with Crippen molar-refractivity contribution >= 4 is 75.7 Å². The summed E-state index contributed by atoms with van der Waals surface area (Å²) in [6, 6.07) is 95.7. The molecular formula is C67H44N2. The molecule has 1 heterocycles. The van der Waals surface area contributed by atoms with Gasteiger partial charge in [-0.05, 0) is 134 Å². The Hall–Kier alpha value is -9.11. The van der Waals surface area contributed by atoms with Gasteiger partial charge in [-0.3, -0.25) is 4.57 Å². The maximum atomic E-state index is 5.22. The Kier molecular flexibility index (Phi) is 9.88. The summed E-state index contributed by atoms with van der Waals surface area (Å²) in [5.41, 5.74) is 12.0. The number of hydrogen-bond donors (Lipinski definition) is 0. The van der Waals surface area contributed by atoms with Crippen molar-refractivity contribution < 1.29 is 0 Å². The summed E-state index contributed by atoms with van der Waals surface area (Å²) in [7, 11) is 0. The van der Waals surface area contributed by atoms with Crippen molar-refractivity contribution in [2.24, 2.45) is 0 Å².